The average molecular weight is 464 g/mol. The Kier molecular flexibility index (Phi) is 7.50. The number of hydrogen-bond donors (Lipinski definition) is 2. The largest absolute Gasteiger partial charge is 0.493 e. The molecule has 0 radical (unpaired) electrons. The van der Waals surface area contributed by atoms with E-state index in [1.165, 1.54) is 12.1 Å². The van der Waals surface area contributed by atoms with Gasteiger partial charge in [-0.2, -0.15) is 13.2 Å². The molecule has 0 aliphatic carbocycles. The molecule has 3 rings (SSSR count). The molecule has 1 atom stereocenters. The number of rotatable bonds is 9. The number of carbonyl (C=O) groups is 2. The lowest BCUT2D eigenvalue weighted by atomic mass is 9.85. The molecule has 2 amide bonds. The van der Waals surface area contributed by atoms with Crippen molar-refractivity contribution in [1.82, 2.24) is 10.6 Å². The smallest absolute Gasteiger partial charge is 0.416 e. The van der Waals surface area contributed by atoms with Gasteiger partial charge in [0.1, 0.15) is 0 Å². The molecule has 0 aromatic heterocycles. The van der Waals surface area contributed by atoms with Crippen LogP contribution in [-0.4, -0.2) is 31.6 Å². The van der Waals surface area contributed by atoms with Crippen molar-refractivity contribution >= 4 is 11.8 Å². The van der Waals surface area contributed by atoms with E-state index >= 15 is 0 Å². The maximum absolute atomic E-state index is 12.7. The molecule has 2 aromatic rings. The number of ether oxygens (including phenoxy) is 2. The van der Waals surface area contributed by atoms with E-state index in [4.69, 9.17) is 9.47 Å². The quantitative estimate of drug-likeness (QED) is 0.588. The van der Waals surface area contributed by atoms with Crippen molar-refractivity contribution in [2.45, 2.75) is 50.4 Å². The normalized spacial score (nSPS) is 18.0. The molecule has 1 heterocycles. The number of benzene rings is 2. The molecule has 178 valence electrons. The molecular weight excluding hydrogens is 437 g/mol. The molecule has 1 aliphatic heterocycles. The topological polar surface area (TPSA) is 76.7 Å². The Hall–Kier alpha value is -3.23. The number of halogens is 3. The fourth-order valence-corrected chi connectivity index (χ4v) is 4.02. The van der Waals surface area contributed by atoms with Crippen LogP contribution in [0, 0.1) is 0 Å². The molecule has 1 fully saturated rings. The van der Waals surface area contributed by atoms with Crippen LogP contribution < -0.4 is 20.1 Å². The average Bonchev–Trinajstić information content (AvgIpc) is 3.16. The second kappa shape index (κ2) is 10.1. The van der Waals surface area contributed by atoms with E-state index in [2.05, 4.69) is 10.6 Å². The maximum Gasteiger partial charge on any atom is 0.416 e. The number of carbonyl (C=O) groups excluding carboxylic acids is 2. The Balaban J connectivity index is 1.59. The lowest BCUT2D eigenvalue weighted by Gasteiger charge is -2.29. The van der Waals surface area contributed by atoms with Crippen LogP contribution in [-0.2, 0) is 28.7 Å². The van der Waals surface area contributed by atoms with Gasteiger partial charge in [-0.25, -0.2) is 0 Å². The van der Waals surface area contributed by atoms with E-state index in [1.807, 2.05) is 12.1 Å². The summed E-state index contributed by atoms with van der Waals surface area (Å²) in [4.78, 5) is 24.4. The van der Waals surface area contributed by atoms with Gasteiger partial charge in [0.15, 0.2) is 11.5 Å². The van der Waals surface area contributed by atoms with Crippen LogP contribution in [0.15, 0.2) is 42.5 Å². The van der Waals surface area contributed by atoms with Crippen LogP contribution >= 0.6 is 0 Å². The van der Waals surface area contributed by atoms with E-state index in [1.54, 1.807) is 20.3 Å². The fourth-order valence-electron chi connectivity index (χ4n) is 4.02. The molecule has 9 heteroatoms. The number of methoxy groups -OCH3 is 2. The standard InChI is InChI=1S/C24H27F3N2O4/c1-32-19-8-5-17(13-20(19)33-2)14-23(12-10-22(31)29-23)11-9-21(30)28-15-16-3-6-18(7-4-16)24(25,26)27/h3-8,13H,9-12,14-15H2,1-2H3,(H,28,30)(H,29,31)/t23-/m1/s1. The van der Waals surface area contributed by atoms with Crippen molar-refractivity contribution in [2.75, 3.05) is 14.2 Å². The van der Waals surface area contributed by atoms with Crippen molar-refractivity contribution in [3.05, 3.63) is 59.2 Å². The summed E-state index contributed by atoms with van der Waals surface area (Å²) in [6.45, 7) is 0.131. The van der Waals surface area contributed by atoms with Crippen LogP contribution in [0.3, 0.4) is 0 Å². The van der Waals surface area contributed by atoms with Crippen LogP contribution in [0.4, 0.5) is 13.2 Å². The van der Waals surface area contributed by atoms with Crippen LogP contribution in [0.25, 0.3) is 0 Å². The van der Waals surface area contributed by atoms with Gasteiger partial charge in [-0.05, 0) is 54.7 Å². The van der Waals surface area contributed by atoms with E-state index in [-0.39, 0.29) is 24.8 Å². The molecule has 1 saturated heterocycles. The van der Waals surface area contributed by atoms with Gasteiger partial charge in [-0.3, -0.25) is 9.59 Å². The van der Waals surface area contributed by atoms with Gasteiger partial charge in [0.25, 0.3) is 0 Å². The zero-order valence-electron chi connectivity index (χ0n) is 18.6. The minimum atomic E-state index is -4.39. The van der Waals surface area contributed by atoms with E-state index in [9.17, 15) is 22.8 Å². The van der Waals surface area contributed by atoms with Gasteiger partial charge >= 0.3 is 6.18 Å². The van der Waals surface area contributed by atoms with Crippen molar-refractivity contribution in [3.8, 4) is 11.5 Å². The molecule has 2 aromatic carbocycles. The van der Waals surface area contributed by atoms with Crippen LogP contribution in [0.5, 0.6) is 11.5 Å². The second-order valence-corrected chi connectivity index (χ2v) is 8.17. The highest BCUT2D eigenvalue weighted by molar-refractivity contribution is 5.80. The summed E-state index contributed by atoms with van der Waals surface area (Å²) >= 11 is 0. The highest BCUT2D eigenvalue weighted by Gasteiger charge is 2.38. The molecule has 1 aliphatic rings. The summed E-state index contributed by atoms with van der Waals surface area (Å²) in [6, 6.07) is 10.2. The molecule has 0 spiro atoms. The summed E-state index contributed by atoms with van der Waals surface area (Å²) in [6.07, 6.45) is -2.26. The highest BCUT2D eigenvalue weighted by atomic mass is 19.4. The maximum atomic E-state index is 12.7. The first-order valence-electron chi connectivity index (χ1n) is 10.6. The van der Waals surface area contributed by atoms with E-state index in [0.29, 0.717) is 42.7 Å². The minimum absolute atomic E-state index is 0.0550. The second-order valence-electron chi connectivity index (χ2n) is 8.17. The Morgan fingerprint density at radius 2 is 1.73 bits per heavy atom. The Labute approximate surface area is 190 Å². The number of nitrogens with one attached hydrogen (secondary N) is 2. The van der Waals surface area contributed by atoms with Gasteiger partial charge < -0.3 is 20.1 Å². The number of amides is 2. The van der Waals surface area contributed by atoms with Crippen molar-refractivity contribution < 1.29 is 32.2 Å². The third kappa shape index (κ3) is 6.40. The highest BCUT2D eigenvalue weighted by Crippen LogP contribution is 2.33. The Bertz CT molecular complexity index is 992. The summed E-state index contributed by atoms with van der Waals surface area (Å²) < 4.78 is 48.6. The van der Waals surface area contributed by atoms with Gasteiger partial charge in [-0.15, -0.1) is 0 Å². The van der Waals surface area contributed by atoms with Crippen molar-refractivity contribution in [2.24, 2.45) is 0 Å². The molecule has 33 heavy (non-hydrogen) atoms. The third-order valence-corrected chi connectivity index (χ3v) is 5.83. The molecule has 0 bridgehead atoms. The lowest BCUT2D eigenvalue weighted by Crippen LogP contribution is -2.44. The Morgan fingerprint density at radius 1 is 1.06 bits per heavy atom. The van der Waals surface area contributed by atoms with Crippen LogP contribution in [0.2, 0.25) is 0 Å². The molecule has 6 nitrogen and oxygen atoms in total. The first kappa shape index (κ1) is 24.4. The number of hydrogen-bond acceptors (Lipinski definition) is 4. The zero-order valence-corrected chi connectivity index (χ0v) is 18.6. The molecule has 2 N–H and O–H groups in total. The predicted octanol–water partition coefficient (Wildman–Crippen LogP) is 4.01. The van der Waals surface area contributed by atoms with Crippen LogP contribution in [0.1, 0.15) is 42.4 Å². The van der Waals surface area contributed by atoms with Gasteiger partial charge in [0.05, 0.1) is 19.8 Å². The monoisotopic (exact) mass is 464 g/mol. The van der Waals surface area contributed by atoms with E-state index < -0.39 is 17.3 Å². The first-order valence-corrected chi connectivity index (χ1v) is 10.6. The summed E-state index contributed by atoms with van der Waals surface area (Å²) in [5.74, 6) is 0.903. The van der Waals surface area contributed by atoms with Gasteiger partial charge in [0.2, 0.25) is 11.8 Å². The molecular formula is C24H27F3N2O4. The SMILES string of the molecule is COc1ccc(C[C@@]2(CCC(=O)NCc3ccc(C(F)(F)F)cc3)CCC(=O)N2)cc1OC. The summed E-state index contributed by atoms with van der Waals surface area (Å²) in [7, 11) is 3.11. The zero-order chi connectivity index (χ0) is 24.1. The number of alkyl halides is 3. The summed E-state index contributed by atoms with van der Waals surface area (Å²) in [5.41, 5.74) is 0.236. The molecule has 0 unspecified atom stereocenters. The van der Waals surface area contributed by atoms with Crippen molar-refractivity contribution in [1.29, 1.82) is 0 Å². The van der Waals surface area contributed by atoms with Gasteiger partial charge in [-0.1, -0.05) is 18.2 Å². The first-order chi connectivity index (χ1) is 15.6. The van der Waals surface area contributed by atoms with Gasteiger partial charge in [0, 0.05) is 24.9 Å². The van der Waals surface area contributed by atoms with Crippen molar-refractivity contribution in [3.63, 3.8) is 0 Å². The summed E-state index contributed by atoms with van der Waals surface area (Å²) in [5, 5.41) is 5.77. The fraction of sp³-hybridized carbons (Fsp3) is 0.417. The predicted molar refractivity (Wildman–Crippen MR) is 116 cm³/mol. The lowest BCUT2D eigenvalue weighted by molar-refractivity contribution is -0.137. The Morgan fingerprint density at radius 3 is 2.30 bits per heavy atom. The third-order valence-electron chi connectivity index (χ3n) is 5.83. The molecule has 0 saturated carbocycles. The van der Waals surface area contributed by atoms with E-state index in [0.717, 1.165) is 17.7 Å². The minimum Gasteiger partial charge on any atom is -0.493 e.